The first kappa shape index (κ1) is 27.0. The summed E-state index contributed by atoms with van der Waals surface area (Å²) in [6, 6.07) is 0. The zero-order valence-corrected chi connectivity index (χ0v) is 18.1. The molecule has 0 amide bonds. The van der Waals surface area contributed by atoms with Crippen molar-refractivity contribution in [1.29, 1.82) is 0 Å². The van der Waals surface area contributed by atoms with Gasteiger partial charge in [0, 0.05) is 7.11 Å². The van der Waals surface area contributed by atoms with Crippen molar-refractivity contribution >= 4 is 0 Å². The van der Waals surface area contributed by atoms with Crippen LogP contribution in [0.5, 0.6) is 0 Å². The lowest BCUT2D eigenvalue weighted by Crippen LogP contribution is -2.52. The van der Waals surface area contributed by atoms with Gasteiger partial charge in [-0.25, -0.2) is 0 Å². The lowest BCUT2D eigenvalue weighted by Gasteiger charge is -2.60. The normalized spacial score (nSPS) is 44.3. The van der Waals surface area contributed by atoms with Crippen molar-refractivity contribution in [3.8, 4) is 0 Å². The summed E-state index contributed by atoms with van der Waals surface area (Å²) in [4.78, 5) is 0. The predicted octanol–water partition coefficient (Wildman–Crippen LogP) is 8.35. The van der Waals surface area contributed by atoms with Crippen molar-refractivity contribution in [1.82, 2.24) is 0 Å². The summed E-state index contributed by atoms with van der Waals surface area (Å²) in [6.45, 7) is 11.8. The van der Waals surface area contributed by atoms with Gasteiger partial charge in [0.25, 0.3) is 0 Å². The average molecular weight is 383 g/mol. The van der Waals surface area contributed by atoms with Gasteiger partial charge >= 0.3 is 0 Å². The van der Waals surface area contributed by atoms with E-state index in [9.17, 15) is 0 Å². The summed E-state index contributed by atoms with van der Waals surface area (Å²) in [5.74, 6) is 5.39. The molecular weight excluding hydrogens is 328 g/mol. The predicted molar refractivity (Wildman–Crippen MR) is 123 cm³/mol. The zero-order valence-electron chi connectivity index (χ0n) is 18.1. The largest absolute Gasteiger partial charge is 0.400 e. The Morgan fingerprint density at radius 3 is 2.00 bits per heavy atom. The average Bonchev–Trinajstić information content (AvgIpc) is 3.01. The summed E-state index contributed by atoms with van der Waals surface area (Å²) >= 11 is 0. The van der Waals surface area contributed by atoms with Crippen LogP contribution in [-0.4, -0.2) is 12.2 Å². The van der Waals surface area contributed by atoms with Crippen LogP contribution in [0.4, 0.5) is 0 Å². The topological polar surface area (TPSA) is 20.2 Å². The lowest BCUT2D eigenvalue weighted by atomic mass is 9.45. The number of aliphatic hydroxyl groups excluding tert-OH is 1. The molecule has 1 heteroatoms. The monoisotopic (exact) mass is 382 g/mol. The van der Waals surface area contributed by atoms with Crippen LogP contribution in [0.25, 0.3) is 0 Å². The van der Waals surface area contributed by atoms with Crippen molar-refractivity contribution < 1.29 is 5.11 Å². The highest BCUT2D eigenvalue weighted by Gasteiger charge is 2.59. The highest BCUT2D eigenvalue weighted by atomic mass is 16.2. The third-order valence-electron chi connectivity index (χ3n) is 9.27. The summed E-state index contributed by atoms with van der Waals surface area (Å²) < 4.78 is 0. The molecule has 0 aliphatic heterocycles. The minimum atomic E-state index is 0. The van der Waals surface area contributed by atoms with Crippen LogP contribution in [0, 0.1) is 40.4 Å². The molecule has 0 radical (unpaired) electrons. The van der Waals surface area contributed by atoms with Gasteiger partial charge in [0.2, 0.25) is 0 Å². The number of hydrogen-bond acceptors (Lipinski definition) is 1. The van der Waals surface area contributed by atoms with Gasteiger partial charge in [0.15, 0.2) is 0 Å². The molecule has 4 aliphatic rings. The van der Waals surface area contributed by atoms with E-state index in [0.717, 1.165) is 42.1 Å². The Bertz CT molecular complexity index is 405. The molecule has 0 saturated heterocycles. The van der Waals surface area contributed by atoms with Crippen molar-refractivity contribution in [2.24, 2.45) is 40.4 Å². The molecule has 4 saturated carbocycles. The molecule has 7 unspecified atom stereocenters. The number of aliphatic hydroxyl groups is 1. The maximum atomic E-state index is 7.00. The first-order valence-electron chi connectivity index (χ1n) is 11.5. The Labute approximate surface area is 173 Å². The SMILES string of the molecule is C.C.CC.CCC1CCC2C3CCC4CCCCC4(C)C3CCC12C.CO. The molecule has 4 rings (SSSR count). The van der Waals surface area contributed by atoms with E-state index in [2.05, 4.69) is 20.8 Å². The molecular formula is C26H54O. The Morgan fingerprint density at radius 2 is 1.37 bits per heavy atom. The van der Waals surface area contributed by atoms with E-state index in [0.29, 0.717) is 5.41 Å². The van der Waals surface area contributed by atoms with E-state index in [4.69, 9.17) is 5.11 Å². The molecule has 4 aliphatic carbocycles. The zero-order chi connectivity index (χ0) is 18.7. The van der Waals surface area contributed by atoms with Gasteiger partial charge in [-0.2, -0.15) is 0 Å². The molecule has 0 heterocycles. The van der Waals surface area contributed by atoms with Gasteiger partial charge in [-0.05, 0) is 91.8 Å². The van der Waals surface area contributed by atoms with Crippen molar-refractivity contribution in [2.75, 3.05) is 7.11 Å². The van der Waals surface area contributed by atoms with Crippen molar-refractivity contribution in [3.63, 3.8) is 0 Å². The second-order valence-electron chi connectivity index (χ2n) is 9.63. The van der Waals surface area contributed by atoms with Crippen molar-refractivity contribution in [3.05, 3.63) is 0 Å². The maximum Gasteiger partial charge on any atom is 0.0319 e. The number of hydrogen-bond donors (Lipinski definition) is 1. The van der Waals surface area contributed by atoms with Gasteiger partial charge in [0.05, 0.1) is 0 Å². The van der Waals surface area contributed by atoms with Gasteiger partial charge in [0.1, 0.15) is 0 Å². The van der Waals surface area contributed by atoms with E-state index in [-0.39, 0.29) is 14.9 Å². The highest BCUT2D eigenvalue weighted by molar-refractivity contribution is 5.08. The molecule has 27 heavy (non-hydrogen) atoms. The Kier molecular flexibility index (Phi) is 11.2. The smallest absolute Gasteiger partial charge is 0.0319 e. The molecule has 0 bridgehead atoms. The van der Waals surface area contributed by atoms with E-state index in [1.165, 1.54) is 19.3 Å². The van der Waals surface area contributed by atoms with Crippen LogP contribution in [0.1, 0.15) is 120 Å². The van der Waals surface area contributed by atoms with E-state index >= 15 is 0 Å². The molecule has 0 aromatic heterocycles. The Morgan fingerprint density at radius 1 is 0.741 bits per heavy atom. The van der Waals surface area contributed by atoms with Crippen LogP contribution in [0.3, 0.4) is 0 Å². The van der Waals surface area contributed by atoms with Gasteiger partial charge in [-0.1, -0.05) is 68.7 Å². The molecule has 1 nitrogen and oxygen atoms in total. The summed E-state index contributed by atoms with van der Waals surface area (Å²) in [7, 11) is 1.00. The van der Waals surface area contributed by atoms with E-state index < -0.39 is 0 Å². The fourth-order valence-corrected chi connectivity index (χ4v) is 8.07. The Hall–Kier alpha value is -0.0400. The van der Waals surface area contributed by atoms with E-state index in [1.54, 1.807) is 51.4 Å². The van der Waals surface area contributed by atoms with E-state index in [1.807, 2.05) is 13.8 Å². The second kappa shape index (κ2) is 11.2. The molecule has 0 aromatic carbocycles. The van der Waals surface area contributed by atoms with Crippen molar-refractivity contribution in [2.45, 2.75) is 120 Å². The second-order valence-corrected chi connectivity index (χ2v) is 9.63. The number of rotatable bonds is 1. The molecule has 4 fully saturated rings. The van der Waals surface area contributed by atoms with Crippen LogP contribution >= 0.6 is 0 Å². The molecule has 164 valence electrons. The van der Waals surface area contributed by atoms with Gasteiger partial charge in [-0.15, -0.1) is 0 Å². The summed E-state index contributed by atoms with van der Waals surface area (Å²) in [5.41, 5.74) is 1.45. The van der Waals surface area contributed by atoms with Crippen LogP contribution in [0.15, 0.2) is 0 Å². The third-order valence-corrected chi connectivity index (χ3v) is 9.27. The minimum absolute atomic E-state index is 0. The lowest BCUT2D eigenvalue weighted by molar-refractivity contribution is -0.110. The first-order chi connectivity index (χ1) is 12.1. The standard InChI is InChI=1S/C21H36.C2H6.CH4O.2CH4/c1-4-15-9-11-18-17-10-8-16-7-5-6-13-20(16,2)19(17)12-14-21(15,18)3;2*1-2;;/h15-19H,4-14H2,1-3H3;1-2H3;2H,1H3;2*1H4. The van der Waals surface area contributed by atoms with Crippen LogP contribution < -0.4 is 0 Å². The molecule has 1 N–H and O–H groups in total. The van der Waals surface area contributed by atoms with Gasteiger partial charge in [-0.3, -0.25) is 0 Å². The molecule has 0 aromatic rings. The van der Waals surface area contributed by atoms with Crippen LogP contribution in [0.2, 0.25) is 0 Å². The molecule has 7 atom stereocenters. The summed E-state index contributed by atoms with van der Waals surface area (Å²) in [6.07, 6.45) is 17.0. The minimum Gasteiger partial charge on any atom is -0.400 e. The quantitative estimate of drug-likeness (QED) is 0.483. The fraction of sp³-hybridized carbons (Fsp3) is 1.00. The first-order valence-corrected chi connectivity index (χ1v) is 11.5. The fourth-order valence-electron chi connectivity index (χ4n) is 8.07. The molecule has 0 spiro atoms. The third kappa shape index (κ3) is 4.44. The Balaban J connectivity index is 0.00000106. The highest BCUT2D eigenvalue weighted by Crippen LogP contribution is 2.67. The summed E-state index contributed by atoms with van der Waals surface area (Å²) in [5, 5.41) is 7.00. The maximum absolute atomic E-state index is 7.00. The number of fused-ring (bicyclic) bond motifs is 5. The van der Waals surface area contributed by atoms with Gasteiger partial charge < -0.3 is 5.11 Å². The van der Waals surface area contributed by atoms with Crippen LogP contribution in [-0.2, 0) is 0 Å².